The summed E-state index contributed by atoms with van der Waals surface area (Å²) < 4.78 is 16.2. The number of amides is 2. The topological polar surface area (TPSA) is 90.0 Å². The Bertz CT molecular complexity index is 915. The molecule has 1 aliphatic rings. The molecule has 1 atom stereocenters. The Morgan fingerprint density at radius 2 is 2.00 bits per heavy atom. The van der Waals surface area contributed by atoms with E-state index in [4.69, 9.17) is 14.2 Å². The number of rotatable bonds is 8. The van der Waals surface area contributed by atoms with Crippen molar-refractivity contribution >= 4 is 17.5 Å². The molecule has 1 saturated heterocycles. The maximum atomic E-state index is 12.7. The van der Waals surface area contributed by atoms with Gasteiger partial charge in [-0.3, -0.25) is 9.59 Å². The maximum absolute atomic E-state index is 12.7. The SMILES string of the molecule is COc1ccc(N2CC(C(=O)NCc3cccnc3OC(C)C)CC2=O)cc1OC. The Labute approximate surface area is 176 Å². The van der Waals surface area contributed by atoms with E-state index in [1.807, 2.05) is 19.9 Å². The van der Waals surface area contributed by atoms with Crippen LogP contribution in [-0.2, 0) is 16.1 Å². The first-order chi connectivity index (χ1) is 14.4. The largest absolute Gasteiger partial charge is 0.493 e. The summed E-state index contributed by atoms with van der Waals surface area (Å²) in [4.78, 5) is 31.1. The van der Waals surface area contributed by atoms with Crippen molar-refractivity contribution in [3.05, 3.63) is 42.1 Å². The van der Waals surface area contributed by atoms with E-state index in [0.717, 1.165) is 5.56 Å². The average Bonchev–Trinajstić information content (AvgIpc) is 3.13. The number of aromatic nitrogens is 1. The number of ether oxygens (including phenoxy) is 3. The van der Waals surface area contributed by atoms with E-state index in [1.165, 1.54) is 0 Å². The molecule has 3 rings (SSSR count). The quantitative estimate of drug-likeness (QED) is 0.715. The van der Waals surface area contributed by atoms with Crippen molar-refractivity contribution in [3.8, 4) is 17.4 Å². The van der Waals surface area contributed by atoms with E-state index in [-0.39, 0.29) is 30.9 Å². The number of hydrogen-bond donors (Lipinski definition) is 1. The molecular weight excluding hydrogens is 386 g/mol. The van der Waals surface area contributed by atoms with Crippen LogP contribution >= 0.6 is 0 Å². The molecule has 1 aromatic heterocycles. The van der Waals surface area contributed by atoms with Crippen molar-refractivity contribution in [2.45, 2.75) is 32.9 Å². The highest BCUT2D eigenvalue weighted by molar-refractivity contribution is 6.00. The fraction of sp³-hybridized carbons (Fsp3) is 0.409. The molecule has 2 heterocycles. The van der Waals surface area contributed by atoms with Gasteiger partial charge in [0, 0.05) is 43.0 Å². The smallest absolute Gasteiger partial charge is 0.227 e. The maximum Gasteiger partial charge on any atom is 0.227 e. The van der Waals surface area contributed by atoms with Crippen LogP contribution in [0.15, 0.2) is 36.5 Å². The number of methoxy groups -OCH3 is 2. The van der Waals surface area contributed by atoms with E-state index in [9.17, 15) is 9.59 Å². The Balaban J connectivity index is 1.65. The minimum absolute atomic E-state index is 0.0168. The number of pyridine rings is 1. The van der Waals surface area contributed by atoms with Gasteiger partial charge in [0.05, 0.1) is 26.2 Å². The zero-order valence-corrected chi connectivity index (χ0v) is 17.7. The van der Waals surface area contributed by atoms with Gasteiger partial charge in [-0.25, -0.2) is 4.98 Å². The van der Waals surface area contributed by atoms with Gasteiger partial charge in [-0.2, -0.15) is 0 Å². The minimum Gasteiger partial charge on any atom is -0.493 e. The first-order valence-corrected chi connectivity index (χ1v) is 9.83. The molecule has 1 fully saturated rings. The van der Waals surface area contributed by atoms with Crippen LogP contribution in [0.2, 0.25) is 0 Å². The number of benzene rings is 1. The standard InChI is InChI=1S/C22H27N3O5/c1-14(2)30-22-15(6-5-9-23-22)12-24-21(27)16-10-20(26)25(13-16)17-7-8-18(28-3)19(11-17)29-4/h5-9,11,14,16H,10,12-13H2,1-4H3,(H,24,27). The molecule has 8 heteroatoms. The molecule has 0 aliphatic carbocycles. The number of nitrogens with one attached hydrogen (secondary N) is 1. The predicted molar refractivity (Wildman–Crippen MR) is 112 cm³/mol. The highest BCUT2D eigenvalue weighted by Crippen LogP contribution is 2.34. The average molecular weight is 413 g/mol. The van der Waals surface area contributed by atoms with Gasteiger partial charge in [0.1, 0.15) is 0 Å². The van der Waals surface area contributed by atoms with Crippen molar-refractivity contribution in [1.29, 1.82) is 0 Å². The van der Waals surface area contributed by atoms with Crippen molar-refractivity contribution in [2.24, 2.45) is 5.92 Å². The predicted octanol–water partition coefficient (Wildman–Crippen LogP) is 2.56. The molecule has 0 bridgehead atoms. The summed E-state index contributed by atoms with van der Waals surface area (Å²) in [5.74, 6) is 0.903. The molecule has 1 unspecified atom stereocenters. The third-order valence-electron chi connectivity index (χ3n) is 4.82. The summed E-state index contributed by atoms with van der Waals surface area (Å²) in [6.45, 7) is 4.44. The van der Waals surface area contributed by atoms with Gasteiger partial charge in [-0.1, -0.05) is 6.07 Å². The van der Waals surface area contributed by atoms with E-state index in [0.29, 0.717) is 29.6 Å². The Morgan fingerprint density at radius 3 is 2.70 bits per heavy atom. The second-order valence-electron chi connectivity index (χ2n) is 7.30. The summed E-state index contributed by atoms with van der Waals surface area (Å²) in [5.41, 5.74) is 1.47. The normalized spacial score (nSPS) is 16.0. The third-order valence-corrected chi connectivity index (χ3v) is 4.82. The van der Waals surface area contributed by atoms with E-state index in [2.05, 4.69) is 10.3 Å². The first-order valence-electron chi connectivity index (χ1n) is 9.83. The van der Waals surface area contributed by atoms with Gasteiger partial charge < -0.3 is 24.4 Å². The molecule has 160 valence electrons. The Hall–Kier alpha value is -3.29. The molecule has 30 heavy (non-hydrogen) atoms. The second kappa shape index (κ2) is 9.47. The molecule has 1 aromatic carbocycles. The highest BCUT2D eigenvalue weighted by Gasteiger charge is 2.35. The van der Waals surface area contributed by atoms with E-state index >= 15 is 0 Å². The van der Waals surface area contributed by atoms with Crippen molar-refractivity contribution in [1.82, 2.24) is 10.3 Å². The van der Waals surface area contributed by atoms with Crippen LogP contribution in [0.4, 0.5) is 5.69 Å². The molecule has 2 aromatic rings. The van der Waals surface area contributed by atoms with Crippen LogP contribution in [0.25, 0.3) is 0 Å². The number of carbonyl (C=O) groups excluding carboxylic acids is 2. The number of carbonyl (C=O) groups is 2. The first kappa shape index (κ1) is 21.4. The van der Waals surface area contributed by atoms with Crippen molar-refractivity contribution in [3.63, 3.8) is 0 Å². The van der Waals surface area contributed by atoms with Crippen LogP contribution in [0.3, 0.4) is 0 Å². The molecule has 0 spiro atoms. The van der Waals surface area contributed by atoms with Gasteiger partial charge >= 0.3 is 0 Å². The van der Waals surface area contributed by atoms with Gasteiger partial charge in [-0.05, 0) is 32.0 Å². The zero-order chi connectivity index (χ0) is 21.7. The lowest BCUT2D eigenvalue weighted by atomic mass is 10.1. The summed E-state index contributed by atoms with van der Waals surface area (Å²) in [7, 11) is 3.10. The minimum atomic E-state index is -0.434. The van der Waals surface area contributed by atoms with Crippen LogP contribution in [0, 0.1) is 5.92 Å². The number of anilines is 1. The van der Waals surface area contributed by atoms with Crippen LogP contribution in [-0.4, -0.2) is 43.7 Å². The monoisotopic (exact) mass is 413 g/mol. The number of nitrogens with zero attached hydrogens (tertiary/aromatic N) is 2. The highest BCUT2D eigenvalue weighted by atomic mass is 16.5. The number of hydrogen-bond acceptors (Lipinski definition) is 6. The zero-order valence-electron chi connectivity index (χ0n) is 17.7. The fourth-order valence-electron chi connectivity index (χ4n) is 3.34. The Morgan fingerprint density at radius 1 is 1.23 bits per heavy atom. The summed E-state index contributed by atoms with van der Waals surface area (Å²) in [6, 6.07) is 8.92. The molecular formula is C22H27N3O5. The molecule has 1 N–H and O–H groups in total. The summed E-state index contributed by atoms with van der Waals surface area (Å²) in [5, 5.41) is 2.91. The second-order valence-corrected chi connectivity index (χ2v) is 7.30. The summed E-state index contributed by atoms with van der Waals surface area (Å²) >= 11 is 0. The molecule has 2 amide bonds. The van der Waals surface area contributed by atoms with Crippen LogP contribution in [0.5, 0.6) is 17.4 Å². The fourth-order valence-corrected chi connectivity index (χ4v) is 3.34. The Kier molecular flexibility index (Phi) is 6.76. The van der Waals surface area contributed by atoms with Crippen molar-refractivity contribution < 1.29 is 23.8 Å². The van der Waals surface area contributed by atoms with Crippen LogP contribution < -0.4 is 24.4 Å². The van der Waals surface area contributed by atoms with Gasteiger partial charge in [0.15, 0.2) is 11.5 Å². The van der Waals surface area contributed by atoms with Gasteiger partial charge in [0.25, 0.3) is 0 Å². The van der Waals surface area contributed by atoms with Crippen LogP contribution in [0.1, 0.15) is 25.8 Å². The molecule has 8 nitrogen and oxygen atoms in total. The third kappa shape index (κ3) is 4.82. The van der Waals surface area contributed by atoms with E-state index in [1.54, 1.807) is 49.6 Å². The lowest BCUT2D eigenvalue weighted by Gasteiger charge is -2.19. The van der Waals surface area contributed by atoms with Crippen molar-refractivity contribution in [2.75, 3.05) is 25.7 Å². The molecule has 1 aliphatic heterocycles. The van der Waals surface area contributed by atoms with E-state index < -0.39 is 5.92 Å². The lowest BCUT2D eigenvalue weighted by molar-refractivity contribution is -0.126. The molecule has 0 radical (unpaired) electrons. The lowest BCUT2D eigenvalue weighted by Crippen LogP contribution is -2.32. The van der Waals surface area contributed by atoms with Gasteiger partial charge in [-0.15, -0.1) is 0 Å². The molecule has 0 saturated carbocycles. The summed E-state index contributed by atoms with van der Waals surface area (Å²) in [6.07, 6.45) is 1.79. The van der Waals surface area contributed by atoms with Gasteiger partial charge in [0.2, 0.25) is 17.7 Å².